The fraction of sp³-hybridized carbons (Fsp3) is 0. The summed E-state index contributed by atoms with van der Waals surface area (Å²) in [6.07, 6.45) is 0. The predicted molar refractivity (Wildman–Crippen MR) is 239 cm³/mol. The van der Waals surface area contributed by atoms with Gasteiger partial charge in [-0.2, -0.15) is 0 Å². The molecular formula is C54H33NO2. The van der Waals surface area contributed by atoms with E-state index in [0.717, 1.165) is 83.2 Å². The molecule has 0 aliphatic heterocycles. The monoisotopic (exact) mass is 727 g/mol. The van der Waals surface area contributed by atoms with Crippen molar-refractivity contribution in [2.45, 2.75) is 0 Å². The van der Waals surface area contributed by atoms with E-state index in [1.807, 2.05) is 24.3 Å². The SMILES string of the molecule is c1cc(-c2ccc3oc4ccccc4c3c2)cc(N(c2cccc(-c3ccc4oc5ccccc5c4c3)c2)c2ccc3c4ccccc4c4ccccc4c3c2)c1. The zero-order valence-corrected chi connectivity index (χ0v) is 30.8. The van der Waals surface area contributed by atoms with Crippen molar-refractivity contribution in [1.29, 1.82) is 0 Å². The van der Waals surface area contributed by atoms with Gasteiger partial charge in [0, 0.05) is 38.6 Å². The van der Waals surface area contributed by atoms with Crippen LogP contribution in [0.4, 0.5) is 17.1 Å². The van der Waals surface area contributed by atoms with E-state index in [0.29, 0.717) is 0 Å². The summed E-state index contributed by atoms with van der Waals surface area (Å²) in [6.45, 7) is 0. The normalized spacial score (nSPS) is 11.9. The van der Waals surface area contributed by atoms with Crippen LogP contribution in [0.5, 0.6) is 0 Å². The van der Waals surface area contributed by atoms with Crippen molar-refractivity contribution in [1.82, 2.24) is 0 Å². The predicted octanol–water partition coefficient (Wildman–Crippen LogP) is 15.7. The molecule has 0 unspecified atom stereocenters. The first kappa shape index (κ1) is 31.7. The average molecular weight is 728 g/mol. The summed E-state index contributed by atoms with van der Waals surface area (Å²) in [7, 11) is 0. The van der Waals surface area contributed by atoms with E-state index >= 15 is 0 Å². The molecule has 266 valence electrons. The lowest BCUT2D eigenvalue weighted by Crippen LogP contribution is -2.10. The summed E-state index contributed by atoms with van der Waals surface area (Å²) in [6, 6.07) is 71.8. The van der Waals surface area contributed by atoms with Crippen LogP contribution in [0, 0.1) is 0 Å². The molecule has 0 bridgehead atoms. The van der Waals surface area contributed by atoms with E-state index in [4.69, 9.17) is 8.83 Å². The lowest BCUT2D eigenvalue weighted by molar-refractivity contribution is 0.668. The third-order valence-electron chi connectivity index (χ3n) is 11.6. The fourth-order valence-electron chi connectivity index (χ4n) is 8.94. The Balaban J connectivity index is 1.06. The highest BCUT2D eigenvalue weighted by molar-refractivity contribution is 6.26. The number of hydrogen-bond donors (Lipinski definition) is 0. The molecule has 57 heavy (non-hydrogen) atoms. The highest BCUT2D eigenvalue weighted by Gasteiger charge is 2.18. The van der Waals surface area contributed by atoms with Crippen molar-refractivity contribution in [2.24, 2.45) is 0 Å². The molecule has 12 rings (SSSR count). The number of benzene rings is 10. The zero-order chi connectivity index (χ0) is 37.5. The molecule has 0 saturated heterocycles. The molecule has 10 aromatic carbocycles. The van der Waals surface area contributed by atoms with E-state index in [1.54, 1.807) is 0 Å². The largest absolute Gasteiger partial charge is 0.456 e. The maximum Gasteiger partial charge on any atom is 0.135 e. The summed E-state index contributed by atoms with van der Waals surface area (Å²) < 4.78 is 12.4. The van der Waals surface area contributed by atoms with Crippen LogP contribution in [0.2, 0.25) is 0 Å². The fourth-order valence-corrected chi connectivity index (χ4v) is 8.94. The third kappa shape index (κ3) is 5.06. The van der Waals surface area contributed by atoms with Gasteiger partial charge in [0.2, 0.25) is 0 Å². The molecule has 2 aromatic heterocycles. The quantitative estimate of drug-likeness (QED) is 0.165. The number of anilines is 3. The number of para-hydroxylation sites is 2. The Bertz CT molecular complexity index is 3360. The van der Waals surface area contributed by atoms with Gasteiger partial charge in [-0.05, 0) is 127 Å². The summed E-state index contributed by atoms with van der Waals surface area (Å²) >= 11 is 0. The van der Waals surface area contributed by atoms with Gasteiger partial charge in [-0.3, -0.25) is 0 Å². The first-order valence-corrected chi connectivity index (χ1v) is 19.4. The van der Waals surface area contributed by atoms with E-state index in [2.05, 4.69) is 181 Å². The minimum atomic E-state index is 0.895. The van der Waals surface area contributed by atoms with Crippen molar-refractivity contribution in [3.63, 3.8) is 0 Å². The number of hydrogen-bond acceptors (Lipinski definition) is 3. The van der Waals surface area contributed by atoms with Gasteiger partial charge in [0.05, 0.1) is 0 Å². The number of fused-ring (bicyclic) bond motifs is 12. The molecule has 0 amide bonds. The lowest BCUT2D eigenvalue weighted by atomic mass is 9.94. The Morgan fingerprint density at radius 2 is 0.614 bits per heavy atom. The van der Waals surface area contributed by atoms with E-state index in [1.165, 1.54) is 32.3 Å². The molecule has 0 radical (unpaired) electrons. The summed E-state index contributed by atoms with van der Waals surface area (Å²) in [5.41, 5.74) is 11.4. The molecule has 3 heteroatoms. The van der Waals surface area contributed by atoms with Gasteiger partial charge in [-0.25, -0.2) is 0 Å². The second kappa shape index (κ2) is 12.5. The Labute approximate surface area is 328 Å². The van der Waals surface area contributed by atoms with Gasteiger partial charge in [0.15, 0.2) is 0 Å². The number of rotatable bonds is 5. The van der Waals surface area contributed by atoms with Crippen LogP contribution in [0.3, 0.4) is 0 Å². The van der Waals surface area contributed by atoms with Crippen molar-refractivity contribution in [2.75, 3.05) is 4.90 Å². The molecular weight excluding hydrogens is 695 g/mol. The van der Waals surface area contributed by atoms with Gasteiger partial charge in [-0.1, -0.05) is 127 Å². The molecule has 2 heterocycles. The van der Waals surface area contributed by atoms with Gasteiger partial charge >= 0.3 is 0 Å². The minimum absolute atomic E-state index is 0.895. The molecule has 0 N–H and O–H groups in total. The van der Waals surface area contributed by atoms with E-state index < -0.39 is 0 Å². The third-order valence-corrected chi connectivity index (χ3v) is 11.6. The van der Waals surface area contributed by atoms with Crippen molar-refractivity contribution in [3.8, 4) is 22.3 Å². The minimum Gasteiger partial charge on any atom is -0.456 e. The van der Waals surface area contributed by atoms with Gasteiger partial charge in [-0.15, -0.1) is 0 Å². The van der Waals surface area contributed by atoms with E-state index in [-0.39, 0.29) is 0 Å². The average Bonchev–Trinajstić information content (AvgIpc) is 3.84. The lowest BCUT2D eigenvalue weighted by Gasteiger charge is -2.27. The van der Waals surface area contributed by atoms with Crippen LogP contribution >= 0.6 is 0 Å². The Morgan fingerprint density at radius 3 is 1.12 bits per heavy atom. The van der Waals surface area contributed by atoms with Gasteiger partial charge in [0.1, 0.15) is 22.3 Å². The first-order valence-electron chi connectivity index (χ1n) is 19.4. The Morgan fingerprint density at radius 1 is 0.228 bits per heavy atom. The van der Waals surface area contributed by atoms with Gasteiger partial charge < -0.3 is 13.7 Å². The number of nitrogens with zero attached hydrogens (tertiary/aromatic N) is 1. The first-order chi connectivity index (χ1) is 28.2. The van der Waals surface area contributed by atoms with Gasteiger partial charge in [0.25, 0.3) is 0 Å². The van der Waals surface area contributed by atoms with Crippen molar-refractivity contribution >= 4 is 93.3 Å². The Kier molecular flexibility index (Phi) is 6.93. The second-order valence-electron chi connectivity index (χ2n) is 14.9. The number of furan rings is 2. The van der Waals surface area contributed by atoms with Crippen molar-refractivity contribution in [3.05, 3.63) is 200 Å². The second-order valence-corrected chi connectivity index (χ2v) is 14.9. The summed E-state index contributed by atoms with van der Waals surface area (Å²) in [5, 5.41) is 12.0. The van der Waals surface area contributed by atoms with E-state index in [9.17, 15) is 0 Å². The van der Waals surface area contributed by atoms with Crippen LogP contribution < -0.4 is 4.90 Å². The zero-order valence-electron chi connectivity index (χ0n) is 30.8. The highest BCUT2D eigenvalue weighted by Crippen LogP contribution is 2.43. The molecule has 3 nitrogen and oxygen atoms in total. The maximum atomic E-state index is 6.19. The molecule has 0 aliphatic rings. The standard InChI is InChI=1S/C54H33NO2/c1-2-17-43-41(15-1)42-16-3-4-18-44(42)48-33-40(25-26-45(43)48)55(38-13-9-11-34(29-38)36-23-27-53-49(31-36)46-19-5-7-21-51(46)56-53)39-14-10-12-35(30-39)37-24-28-54-50(32-37)47-20-6-8-22-52(47)57-54/h1-33H. The van der Waals surface area contributed by atoms with Crippen LogP contribution in [0.1, 0.15) is 0 Å². The van der Waals surface area contributed by atoms with Crippen molar-refractivity contribution < 1.29 is 8.83 Å². The molecule has 0 fully saturated rings. The smallest absolute Gasteiger partial charge is 0.135 e. The van der Waals surface area contributed by atoms with Crippen LogP contribution in [0.15, 0.2) is 209 Å². The summed E-state index contributed by atoms with van der Waals surface area (Å²) in [4.78, 5) is 2.40. The molecule has 12 aromatic rings. The molecule has 0 aliphatic carbocycles. The molecule has 0 spiro atoms. The molecule has 0 saturated carbocycles. The summed E-state index contributed by atoms with van der Waals surface area (Å²) in [5.74, 6) is 0. The molecule has 0 atom stereocenters. The maximum absolute atomic E-state index is 6.19. The topological polar surface area (TPSA) is 29.5 Å². The van der Waals surface area contributed by atoms with Crippen LogP contribution in [0.25, 0.3) is 98.4 Å². The van der Waals surface area contributed by atoms with Crippen LogP contribution in [-0.4, -0.2) is 0 Å². The Hall–Kier alpha value is -7.62. The highest BCUT2D eigenvalue weighted by atomic mass is 16.3. The van der Waals surface area contributed by atoms with Crippen LogP contribution in [-0.2, 0) is 0 Å².